The van der Waals surface area contributed by atoms with Gasteiger partial charge in [-0.3, -0.25) is 4.79 Å². The van der Waals surface area contributed by atoms with Crippen LogP contribution < -0.4 is 21.9 Å². The van der Waals surface area contributed by atoms with Crippen molar-refractivity contribution in [1.82, 2.24) is 15.3 Å². The summed E-state index contributed by atoms with van der Waals surface area (Å²) in [5, 5.41) is 6.13. The molecule has 2 heterocycles. The zero-order valence-electron chi connectivity index (χ0n) is 11.1. The van der Waals surface area contributed by atoms with Gasteiger partial charge in [0.05, 0.1) is 0 Å². The van der Waals surface area contributed by atoms with E-state index in [1.807, 2.05) is 0 Å². The lowest BCUT2D eigenvalue weighted by atomic mass is 10.2. The second kappa shape index (κ2) is 6.33. The first kappa shape index (κ1) is 13.5. The van der Waals surface area contributed by atoms with Crippen LogP contribution in [-0.2, 0) is 11.2 Å². The summed E-state index contributed by atoms with van der Waals surface area (Å²) in [5.41, 5.74) is 2.54. The average molecular weight is 264 g/mol. The van der Waals surface area contributed by atoms with Gasteiger partial charge in [0.1, 0.15) is 17.5 Å². The number of rotatable bonds is 6. The van der Waals surface area contributed by atoms with Crippen molar-refractivity contribution in [3.8, 4) is 0 Å². The van der Waals surface area contributed by atoms with Gasteiger partial charge in [-0.2, -0.15) is 0 Å². The Morgan fingerprint density at radius 1 is 1.47 bits per heavy atom. The summed E-state index contributed by atoms with van der Waals surface area (Å²) in [7, 11) is 0. The van der Waals surface area contributed by atoms with Gasteiger partial charge in [0, 0.05) is 31.5 Å². The Labute approximate surface area is 112 Å². The van der Waals surface area contributed by atoms with Crippen molar-refractivity contribution in [3.63, 3.8) is 0 Å². The number of nitrogens with zero attached hydrogens (tertiary/aromatic N) is 2. The highest BCUT2D eigenvalue weighted by Gasteiger charge is 2.20. The van der Waals surface area contributed by atoms with Gasteiger partial charge < -0.3 is 16.1 Å². The fourth-order valence-corrected chi connectivity index (χ4v) is 2.06. The molecule has 7 heteroatoms. The minimum atomic E-state index is 0.116. The fraction of sp³-hybridized carbons (Fsp3) is 0.583. The molecule has 2 rings (SSSR count). The second-order valence-electron chi connectivity index (χ2n) is 4.63. The number of carbonyl (C=O) groups is 1. The third kappa shape index (κ3) is 3.78. The number of anilines is 2. The second-order valence-corrected chi connectivity index (χ2v) is 4.63. The minimum Gasteiger partial charge on any atom is -0.368 e. The Morgan fingerprint density at radius 3 is 2.89 bits per heavy atom. The SMILES string of the molecule is CCCc1nc(NN)cc(NCC2CCC(=O)N2)n1. The number of hydrogen-bond donors (Lipinski definition) is 4. The van der Waals surface area contributed by atoms with Crippen molar-refractivity contribution < 1.29 is 4.79 Å². The minimum absolute atomic E-state index is 0.116. The van der Waals surface area contributed by atoms with E-state index in [4.69, 9.17) is 5.84 Å². The molecule has 0 aromatic carbocycles. The molecule has 5 N–H and O–H groups in total. The van der Waals surface area contributed by atoms with Gasteiger partial charge in [-0.15, -0.1) is 0 Å². The predicted octanol–water partition coefficient (Wildman–Crippen LogP) is 0.405. The van der Waals surface area contributed by atoms with Gasteiger partial charge in [0.2, 0.25) is 5.91 Å². The van der Waals surface area contributed by atoms with E-state index in [1.165, 1.54) is 0 Å². The molecule has 1 aromatic rings. The Bertz CT molecular complexity index is 450. The molecule has 0 bridgehead atoms. The van der Waals surface area contributed by atoms with Crippen molar-refractivity contribution in [2.24, 2.45) is 5.84 Å². The molecular weight excluding hydrogens is 244 g/mol. The number of aryl methyl sites for hydroxylation is 1. The molecular formula is C12H20N6O. The molecule has 1 atom stereocenters. The lowest BCUT2D eigenvalue weighted by Gasteiger charge is -2.13. The van der Waals surface area contributed by atoms with Crippen LogP contribution in [0, 0.1) is 0 Å². The van der Waals surface area contributed by atoms with Crippen LogP contribution in [0.4, 0.5) is 11.6 Å². The predicted molar refractivity (Wildman–Crippen MR) is 73.5 cm³/mol. The molecule has 1 fully saturated rings. The van der Waals surface area contributed by atoms with E-state index >= 15 is 0 Å². The number of aromatic nitrogens is 2. The molecule has 1 aromatic heterocycles. The molecule has 1 unspecified atom stereocenters. The van der Waals surface area contributed by atoms with Crippen LogP contribution in [0.2, 0.25) is 0 Å². The third-order valence-corrected chi connectivity index (χ3v) is 3.01. The number of carbonyl (C=O) groups excluding carboxylic acids is 1. The van der Waals surface area contributed by atoms with E-state index in [0.717, 1.165) is 30.9 Å². The van der Waals surface area contributed by atoms with Gasteiger partial charge in [-0.25, -0.2) is 15.8 Å². The third-order valence-electron chi connectivity index (χ3n) is 3.01. The first-order valence-electron chi connectivity index (χ1n) is 6.59. The van der Waals surface area contributed by atoms with Gasteiger partial charge >= 0.3 is 0 Å². The van der Waals surface area contributed by atoms with E-state index < -0.39 is 0 Å². The Kier molecular flexibility index (Phi) is 4.51. The van der Waals surface area contributed by atoms with Gasteiger partial charge in [0.15, 0.2) is 0 Å². The number of amides is 1. The molecule has 0 aliphatic carbocycles. The fourth-order valence-electron chi connectivity index (χ4n) is 2.06. The molecule has 0 radical (unpaired) electrons. The summed E-state index contributed by atoms with van der Waals surface area (Å²) >= 11 is 0. The van der Waals surface area contributed by atoms with E-state index in [0.29, 0.717) is 18.8 Å². The van der Waals surface area contributed by atoms with Crippen molar-refractivity contribution in [2.75, 3.05) is 17.3 Å². The zero-order valence-corrected chi connectivity index (χ0v) is 11.1. The lowest BCUT2D eigenvalue weighted by Crippen LogP contribution is -2.32. The topological polar surface area (TPSA) is 105 Å². The Morgan fingerprint density at radius 2 is 2.26 bits per heavy atom. The molecule has 1 amide bonds. The Hall–Kier alpha value is -1.89. The van der Waals surface area contributed by atoms with Crippen molar-refractivity contribution in [2.45, 2.75) is 38.6 Å². The van der Waals surface area contributed by atoms with E-state index in [-0.39, 0.29) is 11.9 Å². The van der Waals surface area contributed by atoms with E-state index in [1.54, 1.807) is 6.07 Å². The van der Waals surface area contributed by atoms with Crippen LogP contribution in [0.15, 0.2) is 6.07 Å². The van der Waals surface area contributed by atoms with Crippen LogP contribution >= 0.6 is 0 Å². The number of nitrogens with one attached hydrogen (secondary N) is 3. The van der Waals surface area contributed by atoms with Crippen LogP contribution in [0.5, 0.6) is 0 Å². The quantitative estimate of drug-likeness (QED) is 0.438. The first-order chi connectivity index (χ1) is 9.21. The molecule has 19 heavy (non-hydrogen) atoms. The number of hydrogen-bond acceptors (Lipinski definition) is 6. The van der Waals surface area contributed by atoms with E-state index in [9.17, 15) is 4.79 Å². The maximum atomic E-state index is 11.1. The lowest BCUT2D eigenvalue weighted by molar-refractivity contribution is -0.119. The normalized spacial score (nSPS) is 18.2. The molecule has 7 nitrogen and oxygen atoms in total. The molecule has 104 valence electrons. The molecule has 1 aliphatic rings. The smallest absolute Gasteiger partial charge is 0.220 e. The first-order valence-corrected chi connectivity index (χ1v) is 6.59. The van der Waals surface area contributed by atoms with Crippen LogP contribution in [0.1, 0.15) is 32.0 Å². The Balaban J connectivity index is 1.98. The average Bonchev–Trinajstić information content (AvgIpc) is 2.82. The van der Waals surface area contributed by atoms with Crippen molar-refractivity contribution in [1.29, 1.82) is 0 Å². The molecule has 0 spiro atoms. The highest BCUT2D eigenvalue weighted by molar-refractivity contribution is 5.78. The van der Waals surface area contributed by atoms with Crippen molar-refractivity contribution >= 4 is 17.5 Å². The summed E-state index contributed by atoms with van der Waals surface area (Å²) in [5.74, 6) is 7.59. The monoisotopic (exact) mass is 264 g/mol. The summed E-state index contributed by atoms with van der Waals surface area (Å²) in [6, 6.07) is 1.93. The standard InChI is InChI=1S/C12H20N6O/c1-2-3-9-16-10(6-11(17-9)18-13)14-7-8-4-5-12(19)15-8/h6,8H,2-5,7,13H2,1H3,(H,15,19)(H2,14,16,17,18). The maximum absolute atomic E-state index is 11.1. The molecule has 1 aliphatic heterocycles. The number of nitrogen functional groups attached to an aromatic ring is 1. The molecule has 1 saturated heterocycles. The summed E-state index contributed by atoms with van der Waals surface area (Å²) in [6.45, 7) is 2.74. The maximum Gasteiger partial charge on any atom is 0.220 e. The van der Waals surface area contributed by atoms with Gasteiger partial charge in [0.25, 0.3) is 0 Å². The summed E-state index contributed by atoms with van der Waals surface area (Å²) in [4.78, 5) is 19.8. The number of hydrazine groups is 1. The van der Waals surface area contributed by atoms with E-state index in [2.05, 4.69) is 33.0 Å². The highest BCUT2D eigenvalue weighted by atomic mass is 16.1. The summed E-state index contributed by atoms with van der Waals surface area (Å²) in [6.07, 6.45) is 3.25. The van der Waals surface area contributed by atoms with Gasteiger partial charge in [-0.05, 0) is 12.8 Å². The van der Waals surface area contributed by atoms with Crippen molar-refractivity contribution in [3.05, 3.63) is 11.9 Å². The van der Waals surface area contributed by atoms with Crippen LogP contribution in [0.3, 0.4) is 0 Å². The van der Waals surface area contributed by atoms with Crippen LogP contribution in [0.25, 0.3) is 0 Å². The van der Waals surface area contributed by atoms with Gasteiger partial charge in [-0.1, -0.05) is 6.92 Å². The highest BCUT2D eigenvalue weighted by Crippen LogP contribution is 2.13. The van der Waals surface area contributed by atoms with Crippen LogP contribution in [-0.4, -0.2) is 28.5 Å². The largest absolute Gasteiger partial charge is 0.368 e. The summed E-state index contributed by atoms with van der Waals surface area (Å²) < 4.78 is 0. The zero-order chi connectivity index (χ0) is 13.7. The number of nitrogens with two attached hydrogens (primary N) is 1. The molecule has 0 saturated carbocycles.